The number of aldehydes is 1. The first-order valence-electron chi connectivity index (χ1n) is 9.14. The third-order valence-electron chi connectivity index (χ3n) is 4.48. The third kappa shape index (κ3) is 6.24. The molecule has 1 saturated heterocycles. The molecule has 3 rings (SSSR count). The van der Waals surface area contributed by atoms with Crippen LogP contribution >= 0.6 is 0 Å². The van der Waals surface area contributed by atoms with Crippen molar-refractivity contribution < 1.29 is 15.0 Å². The molecule has 0 amide bonds. The van der Waals surface area contributed by atoms with Crippen molar-refractivity contribution in [1.82, 2.24) is 20.1 Å². The van der Waals surface area contributed by atoms with Crippen LogP contribution in [0.4, 0.5) is 0 Å². The quantitative estimate of drug-likeness (QED) is 0.545. The van der Waals surface area contributed by atoms with Gasteiger partial charge in [-0.2, -0.15) is 5.10 Å². The van der Waals surface area contributed by atoms with E-state index in [0.717, 1.165) is 37.4 Å². The maximum absolute atomic E-state index is 10.5. The molecule has 0 unspecified atom stereocenters. The summed E-state index contributed by atoms with van der Waals surface area (Å²) in [5.41, 5.74) is 1.32. The van der Waals surface area contributed by atoms with Crippen molar-refractivity contribution in [2.45, 2.75) is 45.1 Å². The van der Waals surface area contributed by atoms with Gasteiger partial charge in [-0.15, -0.1) is 0 Å². The highest BCUT2D eigenvalue weighted by Crippen LogP contribution is 2.18. The van der Waals surface area contributed by atoms with E-state index in [0.29, 0.717) is 12.9 Å². The third-order valence-corrected chi connectivity index (χ3v) is 4.48. The summed E-state index contributed by atoms with van der Waals surface area (Å²) in [6.45, 7) is 4.11. The number of carbonyl (C=O) groups is 1. The number of benzene rings is 1. The number of H-pyrrole nitrogens is 1. The number of aromatic amines is 1. The number of aromatic nitrogens is 3. The smallest absolute Gasteiger partial charge is 0.214 e. The number of hydrogen-bond acceptors (Lipinski definition) is 5. The lowest BCUT2D eigenvalue weighted by atomic mass is 10.1. The van der Waals surface area contributed by atoms with Gasteiger partial charge in [0.05, 0.1) is 6.61 Å². The molecule has 142 valence electrons. The van der Waals surface area contributed by atoms with Gasteiger partial charge < -0.3 is 10.2 Å². The second kappa shape index (κ2) is 10.7. The topological polar surface area (TPSA) is 103 Å². The molecule has 0 bridgehead atoms. The fourth-order valence-electron chi connectivity index (χ4n) is 3.17. The molecule has 3 N–H and O–H groups in total. The molecule has 1 aromatic heterocycles. The van der Waals surface area contributed by atoms with Gasteiger partial charge in [-0.1, -0.05) is 18.6 Å². The molecule has 1 aliphatic rings. The molecular formula is C19H28N4O3. The largest absolute Gasteiger partial charge is 0.494 e. The molecule has 0 atom stereocenters. The Morgan fingerprint density at radius 3 is 2.81 bits per heavy atom. The van der Waals surface area contributed by atoms with Crippen LogP contribution in [0.5, 0.6) is 5.75 Å². The minimum absolute atomic E-state index is 0. The highest BCUT2D eigenvalue weighted by Gasteiger charge is 2.10. The van der Waals surface area contributed by atoms with Crippen molar-refractivity contribution >= 4 is 6.29 Å². The van der Waals surface area contributed by atoms with E-state index in [9.17, 15) is 4.79 Å². The van der Waals surface area contributed by atoms with E-state index in [1.807, 2.05) is 6.07 Å². The highest BCUT2D eigenvalue weighted by atomic mass is 16.5. The van der Waals surface area contributed by atoms with Gasteiger partial charge in [0.15, 0.2) is 6.29 Å². The van der Waals surface area contributed by atoms with Crippen molar-refractivity contribution in [3.8, 4) is 5.75 Å². The van der Waals surface area contributed by atoms with Crippen molar-refractivity contribution in [2.75, 3.05) is 19.7 Å². The number of nitrogens with zero attached hydrogens (tertiary/aromatic N) is 3. The molecule has 0 spiro atoms. The summed E-state index contributed by atoms with van der Waals surface area (Å²) in [5, 5.41) is 6.57. The lowest BCUT2D eigenvalue weighted by molar-refractivity contribution is 0.111. The van der Waals surface area contributed by atoms with E-state index in [-0.39, 0.29) is 11.3 Å². The second-order valence-electron chi connectivity index (χ2n) is 6.55. The van der Waals surface area contributed by atoms with Crippen LogP contribution in [0.3, 0.4) is 0 Å². The Morgan fingerprint density at radius 2 is 2.04 bits per heavy atom. The van der Waals surface area contributed by atoms with E-state index in [1.54, 1.807) is 0 Å². The molecular weight excluding hydrogens is 332 g/mol. The summed E-state index contributed by atoms with van der Waals surface area (Å²) in [4.78, 5) is 17.1. The summed E-state index contributed by atoms with van der Waals surface area (Å²) in [7, 11) is 0. The van der Waals surface area contributed by atoms with E-state index in [2.05, 4.69) is 38.3 Å². The van der Waals surface area contributed by atoms with Gasteiger partial charge in [0, 0.05) is 13.0 Å². The Bertz CT molecular complexity index is 668. The van der Waals surface area contributed by atoms with Gasteiger partial charge in [0.25, 0.3) is 0 Å². The van der Waals surface area contributed by atoms with Crippen LogP contribution < -0.4 is 4.74 Å². The normalized spacial score (nSPS) is 14.6. The first kappa shape index (κ1) is 20.1. The lowest BCUT2D eigenvalue weighted by Gasteiger charge is -2.26. The zero-order valence-corrected chi connectivity index (χ0v) is 15.1. The number of hydrogen-bond donors (Lipinski definition) is 1. The number of rotatable bonds is 9. The van der Waals surface area contributed by atoms with Crippen LogP contribution in [-0.4, -0.2) is 51.5 Å². The minimum atomic E-state index is 0. The minimum Gasteiger partial charge on any atom is -0.494 e. The van der Waals surface area contributed by atoms with Gasteiger partial charge in [0.2, 0.25) is 5.82 Å². The maximum atomic E-state index is 10.5. The molecule has 7 heteroatoms. The molecule has 2 heterocycles. The summed E-state index contributed by atoms with van der Waals surface area (Å²) in [6.07, 6.45) is 7.31. The van der Waals surface area contributed by atoms with Crippen molar-refractivity contribution in [2.24, 2.45) is 0 Å². The average molecular weight is 360 g/mol. The summed E-state index contributed by atoms with van der Waals surface area (Å²) in [6, 6.07) is 8.42. The van der Waals surface area contributed by atoms with Crippen LogP contribution in [-0.2, 0) is 13.0 Å². The Balaban J connectivity index is 0.00000243. The number of carbonyl (C=O) groups excluding carboxylic acids is 1. The second-order valence-corrected chi connectivity index (χ2v) is 6.55. The standard InChI is InChI=1S/C19H26N4O2.H2O/c24-15-19-20-18(21-22-19)9-2-5-12-25-17-8-6-7-16(13-17)14-23-10-3-1-4-11-23;/h6-8,13,15H,1-5,9-12,14H2,(H,20,21,22);1H2. The molecule has 7 nitrogen and oxygen atoms in total. The number of nitrogens with one attached hydrogen (secondary N) is 1. The molecule has 1 aromatic carbocycles. The van der Waals surface area contributed by atoms with Crippen molar-refractivity contribution in [1.29, 1.82) is 0 Å². The molecule has 1 aliphatic heterocycles. The fourth-order valence-corrected chi connectivity index (χ4v) is 3.17. The summed E-state index contributed by atoms with van der Waals surface area (Å²) < 4.78 is 5.88. The van der Waals surface area contributed by atoms with Crippen LogP contribution in [0.25, 0.3) is 0 Å². The molecule has 2 aromatic rings. The SMILES string of the molecule is O.O=Cc1n[nH]c(CCCCOc2cccc(CN3CCCCC3)c2)n1. The Morgan fingerprint density at radius 1 is 1.19 bits per heavy atom. The highest BCUT2D eigenvalue weighted by molar-refractivity contribution is 5.68. The van der Waals surface area contributed by atoms with Crippen LogP contribution in [0.15, 0.2) is 24.3 Å². The fraction of sp³-hybridized carbons (Fsp3) is 0.526. The summed E-state index contributed by atoms with van der Waals surface area (Å²) >= 11 is 0. The maximum Gasteiger partial charge on any atom is 0.214 e. The zero-order valence-electron chi connectivity index (χ0n) is 15.1. The predicted molar refractivity (Wildman–Crippen MR) is 99.4 cm³/mol. The first-order valence-corrected chi connectivity index (χ1v) is 9.14. The van der Waals surface area contributed by atoms with Gasteiger partial charge in [-0.05, 0) is 56.5 Å². The monoisotopic (exact) mass is 360 g/mol. The summed E-state index contributed by atoms with van der Waals surface area (Å²) in [5.74, 6) is 1.92. The molecule has 0 aliphatic carbocycles. The average Bonchev–Trinajstić information content (AvgIpc) is 3.11. The molecule has 0 radical (unpaired) electrons. The number of likely N-dealkylation sites (tertiary alicyclic amines) is 1. The first-order chi connectivity index (χ1) is 12.3. The lowest BCUT2D eigenvalue weighted by Crippen LogP contribution is -2.29. The van der Waals surface area contributed by atoms with E-state index in [4.69, 9.17) is 4.74 Å². The number of aryl methyl sites for hydroxylation is 1. The number of unbranched alkanes of at least 4 members (excludes halogenated alkanes) is 1. The Labute approximate surface area is 154 Å². The van der Waals surface area contributed by atoms with Gasteiger partial charge in [0.1, 0.15) is 11.6 Å². The van der Waals surface area contributed by atoms with Crippen LogP contribution in [0.1, 0.15) is 54.1 Å². The van der Waals surface area contributed by atoms with Gasteiger partial charge >= 0.3 is 0 Å². The number of piperidine rings is 1. The molecule has 26 heavy (non-hydrogen) atoms. The predicted octanol–water partition coefficient (Wildman–Crippen LogP) is 2.18. The van der Waals surface area contributed by atoms with Gasteiger partial charge in [-0.3, -0.25) is 14.8 Å². The van der Waals surface area contributed by atoms with E-state index in [1.165, 1.54) is 37.9 Å². The number of ether oxygens (including phenoxy) is 1. The van der Waals surface area contributed by atoms with Crippen LogP contribution in [0, 0.1) is 0 Å². The van der Waals surface area contributed by atoms with Crippen molar-refractivity contribution in [3.63, 3.8) is 0 Å². The zero-order chi connectivity index (χ0) is 17.3. The van der Waals surface area contributed by atoms with Gasteiger partial charge in [-0.25, -0.2) is 4.98 Å². The van der Waals surface area contributed by atoms with E-state index >= 15 is 0 Å². The van der Waals surface area contributed by atoms with E-state index < -0.39 is 0 Å². The van der Waals surface area contributed by atoms with Crippen molar-refractivity contribution in [3.05, 3.63) is 41.5 Å². The Kier molecular flexibility index (Phi) is 8.24. The molecule has 0 saturated carbocycles. The Hall–Kier alpha value is -2.25. The van der Waals surface area contributed by atoms with Crippen LogP contribution in [0.2, 0.25) is 0 Å². The molecule has 1 fully saturated rings.